The highest BCUT2D eigenvalue weighted by Gasteiger charge is 2.33. The lowest BCUT2D eigenvalue weighted by Gasteiger charge is -2.33. The van der Waals surface area contributed by atoms with Crippen molar-refractivity contribution in [3.05, 3.63) is 83.9 Å². The smallest absolute Gasteiger partial charge is 0.323 e. The molecule has 3 amide bonds. The summed E-state index contributed by atoms with van der Waals surface area (Å²) in [5.74, 6) is -1.31. The third kappa shape index (κ3) is 7.86. The summed E-state index contributed by atoms with van der Waals surface area (Å²) in [5.41, 5.74) is 1.18. The van der Waals surface area contributed by atoms with E-state index in [4.69, 9.17) is 4.74 Å². The zero-order chi connectivity index (χ0) is 31.3. The van der Waals surface area contributed by atoms with Crippen molar-refractivity contribution >= 4 is 33.3 Å². The number of aliphatic hydroxyl groups is 1. The Morgan fingerprint density at radius 2 is 1.63 bits per heavy atom. The van der Waals surface area contributed by atoms with Gasteiger partial charge in [0.1, 0.15) is 23.5 Å². The molecule has 3 aromatic carbocycles. The van der Waals surface area contributed by atoms with Gasteiger partial charge in [0, 0.05) is 36.4 Å². The summed E-state index contributed by atoms with van der Waals surface area (Å²) < 4.78 is 60.6. The number of nitrogens with zero attached hydrogens (tertiary/aromatic N) is 2. The van der Waals surface area contributed by atoms with Crippen LogP contribution >= 0.6 is 0 Å². The van der Waals surface area contributed by atoms with Crippen LogP contribution in [0.2, 0.25) is 0 Å². The van der Waals surface area contributed by atoms with E-state index < -0.39 is 39.8 Å². The summed E-state index contributed by atoms with van der Waals surface area (Å²) in [6, 6.07) is 13.4. The van der Waals surface area contributed by atoms with Crippen molar-refractivity contribution in [1.82, 2.24) is 9.21 Å². The van der Waals surface area contributed by atoms with Gasteiger partial charge >= 0.3 is 6.03 Å². The van der Waals surface area contributed by atoms with E-state index >= 15 is 0 Å². The van der Waals surface area contributed by atoms with Gasteiger partial charge in [-0.2, -0.15) is 4.31 Å². The van der Waals surface area contributed by atoms with E-state index in [-0.39, 0.29) is 42.8 Å². The molecular formula is C30H34F2N4O6S. The molecule has 10 nitrogen and oxygen atoms in total. The number of hydrogen-bond acceptors (Lipinski definition) is 6. The molecule has 0 saturated carbocycles. The lowest BCUT2D eigenvalue weighted by atomic mass is 10.0. The first-order valence-corrected chi connectivity index (χ1v) is 15.1. The number of hydrogen-bond donors (Lipinski definition) is 3. The van der Waals surface area contributed by atoms with E-state index in [9.17, 15) is 31.9 Å². The summed E-state index contributed by atoms with van der Waals surface area (Å²) in [4.78, 5) is 27.5. The Kier molecular flexibility index (Phi) is 9.99. The fourth-order valence-electron chi connectivity index (χ4n) is 4.69. The zero-order valence-electron chi connectivity index (χ0n) is 24.0. The van der Waals surface area contributed by atoms with Gasteiger partial charge in [-0.15, -0.1) is 0 Å². The highest BCUT2D eigenvalue weighted by Crippen LogP contribution is 2.30. The number of aliphatic hydroxyl groups excluding tert-OH is 1. The Labute approximate surface area is 249 Å². The molecular weight excluding hydrogens is 582 g/mol. The zero-order valence-corrected chi connectivity index (χ0v) is 24.8. The lowest BCUT2D eigenvalue weighted by molar-refractivity contribution is -0.134. The average molecular weight is 617 g/mol. The van der Waals surface area contributed by atoms with Gasteiger partial charge in [-0.05, 0) is 73.7 Å². The monoisotopic (exact) mass is 616 g/mol. The van der Waals surface area contributed by atoms with Crippen LogP contribution in [0.1, 0.15) is 19.4 Å². The van der Waals surface area contributed by atoms with E-state index in [0.29, 0.717) is 22.7 Å². The van der Waals surface area contributed by atoms with Crippen LogP contribution in [0.3, 0.4) is 0 Å². The highest BCUT2D eigenvalue weighted by atomic mass is 32.2. The quantitative estimate of drug-likeness (QED) is 0.350. The van der Waals surface area contributed by atoms with Gasteiger partial charge in [0.2, 0.25) is 15.9 Å². The Hall–Kier alpha value is -4.07. The SMILES string of the molecule is C[C@H]1CN([C@@H](C)CO)C(=O)Cc2cc(NC(=O)Nc3ccc(F)cc3)ccc2O[C@H]1CN(C)S(=O)(=O)c1ccc(F)cc1. The van der Waals surface area contributed by atoms with Gasteiger partial charge in [-0.3, -0.25) is 4.79 Å². The van der Waals surface area contributed by atoms with E-state index in [1.165, 1.54) is 48.3 Å². The Morgan fingerprint density at radius 3 is 2.26 bits per heavy atom. The number of halogens is 2. The highest BCUT2D eigenvalue weighted by molar-refractivity contribution is 7.89. The van der Waals surface area contributed by atoms with Crippen molar-refractivity contribution in [2.75, 3.05) is 37.4 Å². The Balaban J connectivity index is 1.61. The number of amides is 3. The van der Waals surface area contributed by atoms with Crippen LogP contribution in [-0.2, 0) is 21.2 Å². The molecule has 0 unspecified atom stereocenters. The van der Waals surface area contributed by atoms with Crippen molar-refractivity contribution in [2.45, 2.75) is 37.3 Å². The number of fused-ring (bicyclic) bond motifs is 1. The molecule has 4 rings (SSSR count). The second kappa shape index (κ2) is 13.5. The molecule has 0 spiro atoms. The normalized spacial score (nSPS) is 18.1. The molecule has 3 aromatic rings. The fourth-order valence-corrected chi connectivity index (χ4v) is 5.87. The molecule has 0 radical (unpaired) electrons. The topological polar surface area (TPSA) is 128 Å². The number of carbonyl (C=O) groups excluding carboxylic acids is 2. The van der Waals surface area contributed by atoms with Crippen LogP contribution in [-0.4, -0.2) is 73.6 Å². The van der Waals surface area contributed by atoms with Gasteiger partial charge in [-0.1, -0.05) is 6.92 Å². The van der Waals surface area contributed by atoms with Crippen LogP contribution in [0.4, 0.5) is 25.0 Å². The minimum Gasteiger partial charge on any atom is -0.488 e. The summed E-state index contributed by atoms with van der Waals surface area (Å²) in [6.45, 7) is 3.36. The maximum Gasteiger partial charge on any atom is 0.323 e. The van der Waals surface area contributed by atoms with E-state index in [2.05, 4.69) is 10.6 Å². The minimum atomic E-state index is -3.99. The van der Waals surface area contributed by atoms with E-state index in [0.717, 1.165) is 16.4 Å². The average Bonchev–Trinajstić information content (AvgIpc) is 3.01. The fraction of sp³-hybridized carbons (Fsp3) is 0.333. The molecule has 0 bridgehead atoms. The molecule has 0 aromatic heterocycles. The second-order valence-electron chi connectivity index (χ2n) is 10.5. The summed E-state index contributed by atoms with van der Waals surface area (Å²) in [7, 11) is -2.59. The maximum atomic E-state index is 13.4. The maximum absolute atomic E-state index is 13.4. The van der Waals surface area contributed by atoms with Gasteiger partial charge in [0.05, 0.1) is 30.5 Å². The number of rotatable bonds is 8. The number of sulfonamides is 1. The second-order valence-corrected chi connectivity index (χ2v) is 12.6. The molecule has 3 atom stereocenters. The van der Waals surface area contributed by atoms with E-state index in [1.54, 1.807) is 25.1 Å². The number of benzene rings is 3. The molecule has 43 heavy (non-hydrogen) atoms. The van der Waals surface area contributed by atoms with Gasteiger partial charge in [-0.25, -0.2) is 22.0 Å². The largest absolute Gasteiger partial charge is 0.488 e. The first-order chi connectivity index (χ1) is 20.4. The third-order valence-electron chi connectivity index (χ3n) is 7.24. The van der Waals surface area contributed by atoms with Crippen molar-refractivity contribution in [1.29, 1.82) is 0 Å². The van der Waals surface area contributed by atoms with Crippen molar-refractivity contribution < 1.29 is 36.6 Å². The number of urea groups is 1. The predicted octanol–water partition coefficient (Wildman–Crippen LogP) is 4.08. The van der Waals surface area contributed by atoms with Gasteiger partial charge < -0.3 is 25.4 Å². The lowest BCUT2D eigenvalue weighted by Crippen LogP contribution is -2.48. The first-order valence-electron chi connectivity index (χ1n) is 13.6. The summed E-state index contributed by atoms with van der Waals surface area (Å²) in [5, 5.41) is 15.1. The number of nitrogens with one attached hydrogen (secondary N) is 2. The standard InChI is InChI=1S/C30H34F2N4O6S/c1-19-16-36(20(2)18-37)29(38)15-21-14-25(34-30(39)33-24-8-4-22(31)5-9-24)10-13-27(21)42-28(19)17-35(3)43(40,41)26-11-6-23(32)7-12-26/h4-14,19-20,28,37H,15-18H2,1-3H3,(H2,33,34,39)/t19-,20-,28-/m0/s1. The molecule has 230 valence electrons. The van der Waals surface area contributed by atoms with Crippen LogP contribution in [0, 0.1) is 17.6 Å². The predicted molar refractivity (Wildman–Crippen MR) is 157 cm³/mol. The summed E-state index contributed by atoms with van der Waals surface area (Å²) >= 11 is 0. The van der Waals surface area contributed by atoms with Gasteiger partial charge in [0.15, 0.2) is 0 Å². The van der Waals surface area contributed by atoms with Crippen molar-refractivity contribution in [3.63, 3.8) is 0 Å². The van der Waals surface area contributed by atoms with Gasteiger partial charge in [0.25, 0.3) is 0 Å². The van der Waals surface area contributed by atoms with E-state index in [1.807, 2.05) is 6.92 Å². The number of ether oxygens (including phenoxy) is 1. The molecule has 0 fully saturated rings. The molecule has 1 aliphatic heterocycles. The van der Waals surface area contributed by atoms with Crippen LogP contribution < -0.4 is 15.4 Å². The van der Waals surface area contributed by atoms with Crippen molar-refractivity contribution in [2.24, 2.45) is 5.92 Å². The third-order valence-corrected chi connectivity index (χ3v) is 9.07. The number of likely N-dealkylation sites (N-methyl/N-ethyl adjacent to an activating group) is 1. The molecule has 3 N–H and O–H groups in total. The molecule has 1 heterocycles. The number of anilines is 2. The van der Waals surface area contributed by atoms with Crippen molar-refractivity contribution in [3.8, 4) is 5.75 Å². The molecule has 13 heteroatoms. The van der Waals surface area contributed by atoms with Crippen LogP contribution in [0.15, 0.2) is 71.6 Å². The molecule has 0 aliphatic carbocycles. The van der Waals surface area contributed by atoms with Crippen LogP contribution in [0.25, 0.3) is 0 Å². The summed E-state index contributed by atoms with van der Waals surface area (Å²) in [6.07, 6.45) is -0.823. The molecule has 0 saturated heterocycles. The Bertz CT molecular complexity index is 1550. The molecule has 1 aliphatic rings. The van der Waals surface area contributed by atoms with Crippen LogP contribution in [0.5, 0.6) is 5.75 Å². The first kappa shape index (κ1) is 31.9. The Morgan fingerprint density at radius 1 is 1.05 bits per heavy atom. The minimum absolute atomic E-state index is 0.0761. The number of carbonyl (C=O) groups is 2.